The van der Waals surface area contributed by atoms with Crippen LogP contribution in [0.2, 0.25) is 0 Å². The summed E-state index contributed by atoms with van der Waals surface area (Å²) in [5.74, 6) is 1.34. The molecule has 2 aromatic carbocycles. The highest BCUT2D eigenvalue weighted by Gasteiger charge is 2.44. The van der Waals surface area contributed by atoms with Gasteiger partial charge in [-0.1, -0.05) is 56.3 Å². The van der Waals surface area contributed by atoms with Gasteiger partial charge in [0.15, 0.2) is 0 Å². The Kier molecular flexibility index (Phi) is 10.4. The van der Waals surface area contributed by atoms with Gasteiger partial charge in [-0.05, 0) is 62.9 Å². The molecule has 188 valence electrons. The summed E-state index contributed by atoms with van der Waals surface area (Å²) in [4.78, 5) is 21.0. The molecule has 2 aliphatic rings. The number of guanidine groups is 1. The van der Waals surface area contributed by atoms with Gasteiger partial charge in [0.05, 0.1) is 11.1 Å². The quantitative estimate of drug-likeness (QED) is 0.512. The lowest BCUT2D eigenvalue weighted by Gasteiger charge is -2.22. The summed E-state index contributed by atoms with van der Waals surface area (Å²) in [6, 6.07) is 18.2. The molecule has 0 saturated heterocycles. The summed E-state index contributed by atoms with van der Waals surface area (Å²) < 4.78 is 4.25. The SMILES string of the molecule is CC.CC(C)(C)NC1=CCC(c2ccccc2)=NC(Nc2ccc(C3(C=O)CC3)cc2)=N1.COC. The number of carbonyl (C=O) groups excluding carboxylic acids is 1. The lowest BCUT2D eigenvalue weighted by atomic mass is 9.98. The monoisotopic (exact) mass is 476 g/mol. The standard InChI is InChI=1S/C25H28N4O.C2H6O.C2H6/c1-24(2,3)29-22-14-13-21(18-7-5-4-6-8-18)27-23(28-22)26-20-11-9-19(10-12-20)25(17-30)15-16-25;1-3-2;1-2/h4-12,14,17,29H,13,15-16H2,1-3H3,(H,26,28);1-2H3;1-2H3. The van der Waals surface area contributed by atoms with Gasteiger partial charge in [-0.2, -0.15) is 4.99 Å². The van der Waals surface area contributed by atoms with Gasteiger partial charge in [-0.15, -0.1) is 0 Å². The molecule has 0 atom stereocenters. The second kappa shape index (κ2) is 13.0. The van der Waals surface area contributed by atoms with Crippen LogP contribution in [-0.4, -0.2) is 37.7 Å². The molecule has 6 nitrogen and oxygen atoms in total. The molecular weight excluding hydrogens is 436 g/mol. The number of aldehydes is 1. The Morgan fingerprint density at radius 1 is 0.943 bits per heavy atom. The first-order valence-corrected chi connectivity index (χ1v) is 12.2. The van der Waals surface area contributed by atoms with Crippen LogP contribution >= 0.6 is 0 Å². The third-order valence-electron chi connectivity index (χ3n) is 5.30. The van der Waals surface area contributed by atoms with Crippen molar-refractivity contribution in [1.29, 1.82) is 0 Å². The largest absolute Gasteiger partial charge is 0.388 e. The number of rotatable bonds is 5. The van der Waals surface area contributed by atoms with E-state index in [9.17, 15) is 4.79 Å². The molecule has 1 heterocycles. The highest BCUT2D eigenvalue weighted by molar-refractivity contribution is 6.11. The van der Waals surface area contributed by atoms with E-state index < -0.39 is 0 Å². The Bertz CT molecular complexity index is 1030. The van der Waals surface area contributed by atoms with Crippen molar-refractivity contribution in [3.8, 4) is 0 Å². The molecule has 1 saturated carbocycles. The Hall–Kier alpha value is -3.25. The summed E-state index contributed by atoms with van der Waals surface area (Å²) in [6.45, 7) is 10.3. The minimum atomic E-state index is -0.260. The average Bonchev–Trinajstić information content (AvgIpc) is 3.66. The molecule has 4 rings (SSSR count). The molecule has 2 aromatic rings. The van der Waals surface area contributed by atoms with E-state index in [4.69, 9.17) is 9.98 Å². The first-order chi connectivity index (χ1) is 16.8. The number of benzene rings is 2. The lowest BCUT2D eigenvalue weighted by molar-refractivity contribution is -0.109. The van der Waals surface area contributed by atoms with Gasteiger partial charge < -0.3 is 20.2 Å². The first kappa shape index (κ1) is 28.0. The summed E-state index contributed by atoms with van der Waals surface area (Å²) in [5, 5.41) is 6.80. The Balaban J connectivity index is 0.000000803. The zero-order chi connectivity index (χ0) is 25.9. The molecule has 1 aliphatic carbocycles. The molecule has 0 bridgehead atoms. The van der Waals surface area contributed by atoms with E-state index in [0.29, 0.717) is 12.4 Å². The number of hydrogen-bond donors (Lipinski definition) is 2. The predicted octanol–water partition coefficient (Wildman–Crippen LogP) is 6.10. The molecule has 2 N–H and O–H groups in total. The molecule has 0 aromatic heterocycles. The van der Waals surface area contributed by atoms with Crippen molar-refractivity contribution in [3.63, 3.8) is 0 Å². The zero-order valence-corrected chi connectivity index (χ0v) is 22.2. The highest BCUT2D eigenvalue weighted by Crippen LogP contribution is 2.46. The maximum absolute atomic E-state index is 11.4. The predicted molar refractivity (Wildman–Crippen MR) is 147 cm³/mol. The first-order valence-electron chi connectivity index (χ1n) is 12.2. The van der Waals surface area contributed by atoms with Gasteiger partial charge >= 0.3 is 0 Å². The van der Waals surface area contributed by atoms with Gasteiger partial charge in [0.25, 0.3) is 0 Å². The van der Waals surface area contributed by atoms with Crippen LogP contribution in [0.3, 0.4) is 0 Å². The topological polar surface area (TPSA) is 75.1 Å². The third-order valence-corrected chi connectivity index (χ3v) is 5.30. The van der Waals surface area contributed by atoms with E-state index in [1.165, 1.54) is 0 Å². The Labute approximate surface area is 210 Å². The molecule has 6 heteroatoms. The van der Waals surface area contributed by atoms with E-state index in [1.54, 1.807) is 14.2 Å². The van der Waals surface area contributed by atoms with Gasteiger partial charge in [0.2, 0.25) is 5.96 Å². The van der Waals surface area contributed by atoms with Crippen LogP contribution in [-0.2, 0) is 14.9 Å². The molecule has 0 unspecified atom stereocenters. The van der Waals surface area contributed by atoms with E-state index in [2.05, 4.69) is 54.4 Å². The van der Waals surface area contributed by atoms with E-state index in [-0.39, 0.29) is 11.0 Å². The Morgan fingerprint density at radius 3 is 2.06 bits per heavy atom. The van der Waals surface area contributed by atoms with Crippen LogP contribution in [0.5, 0.6) is 0 Å². The van der Waals surface area contributed by atoms with Crippen molar-refractivity contribution in [2.45, 2.75) is 64.8 Å². The molecular formula is C29H40N4O2. The molecule has 0 spiro atoms. The number of anilines is 1. The number of nitrogens with one attached hydrogen (secondary N) is 2. The molecule has 35 heavy (non-hydrogen) atoms. The summed E-state index contributed by atoms with van der Waals surface area (Å²) in [6.07, 6.45) is 5.73. The number of hydrogen-bond acceptors (Lipinski definition) is 6. The third kappa shape index (κ3) is 8.48. The van der Waals surface area contributed by atoms with E-state index in [0.717, 1.165) is 47.5 Å². The van der Waals surface area contributed by atoms with Crippen LogP contribution in [0, 0.1) is 0 Å². The minimum absolute atomic E-state index is 0.104. The molecule has 0 radical (unpaired) electrons. The van der Waals surface area contributed by atoms with Crippen molar-refractivity contribution in [1.82, 2.24) is 5.32 Å². The number of nitrogens with zero attached hydrogens (tertiary/aromatic N) is 2. The van der Waals surface area contributed by atoms with Crippen molar-refractivity contribution >= 4 is 23.6 Å². The minimum Gasteiger partial charge on any atom is -0.388 e. The lowest BCUT2D eigenvalue weighted by Crippen LogP contribution is -2.34. The average molecular weight is 477 g/mol. The van der Waals surface area contributed by atoms with Gasteiger partial charge in [-0.25, -0.2) is 4.99 Å². The smallest absolute Gasteiger partial charge is 0.229 e. The fraction of sp³-hybridized carbons (Fsp3) is 0.414. The number of methoxy groups -OCH3 is 1. The number of aliphatic imine (C=N–C) groups is 2. The molecule has 1 fully saturated rings. The normalized spacial score (nSPS) is 15.9. The molecule has 0 amide bonds. The van der Waals surface area contributed by atoms with Crippen LogP contribution in [0.25, 0.3) is 0 Å². The van der Waals surface area contributed by atoms with Crippen molar-refractivity contribution in [2.24, 2.45) is 9.98 Å². The van der Waals surface area contributed by atoms with Crippen molar-refractivity contribution < 1.29 is 9.53 Å². The second-order valence-electron chi connectivity index (χ2n) is 9.41. The number of ether oxygens (including phenoxy) is 1. The summed E-state index contributed by atoms with van der Waals surface area (Å²) in [7, 11) is 3.25. The summed E-state index contributed by atoms with van der Waals surface area (Å²) in [5.41, 5.74) is 3.65. The highest BCUT2D eigenvalue weighted by atomic mass is 16.4. The fourth-order valence-electron chi connectivity index (χ4n) is 3.51. The van der Waals surface area contributed by atoms with Crippen molar-refractivity contribution in [2.75, 3.05) is 19.5 Å². The van der Waals surface area contributed by atoms with Crippen LogP contribution < -0.4 is 10.6 Å². The fourth-order valence-corrected chi connectivity index (χ4v) is 3.51. The van der Waals surface area contributed by atoms with Gasteiger partial charge in [-0.3, -0.25) is 0 Å². The maximum Gasteiger partial charge on any atom is 0.229 e. The zero-order valence-electron chi connectivity index (χ0n) is 22.2. The van der Waals surface area contributed by atoms with E-state index in [1.807, 2.05) is 56.3 Å². The van der Waals surface area contributed by atoms with Crippen LogP contribution in [0.15, 0.2) is 76.5 Å². The Morgan fingerprint density at radius 2 is 1.54 bits per heavy atom. The summed E-state index contributed by atoms with van der Waals surface area (Å²) >= 11 is 0. The van der Waals surface area contributed by atoms with Crippen molar-refractivity contribution in [3.05, 3.63) is 77.6 Å². The van der Waals surface area contributed by atoms with Gasteiger partial charge in [0, 0.05) is 31.9 Å². The molecule has 1 aliphatic heterocycles. The van der Waals surface area contributed by atoms with Gasteiger partial charge in [0.1, 0.15) is 12.1 Å². The van der Waals surface area contributed by atoms with E-state index >= 15 is 0 Å². The van der Waals surface area contributed by atoms with Crippen LogP contribution in [0.4, 0.5) is 5.69 Å². The maximum atomic E-state index is 11.4. The number of carbonyl (C=O) groups is 1. The van der Waals surface area contributed by atoms with Crippen LogP contribution in [0.1, 0.15) is 65.0 Å². The number of allylic oxidation sites excluding steroid dienone is 1. The second-order valence-corrected chi connectivity index (χ2v) is 9.41.